The van der Waals surface area contributed by atoms with E-state index in [-0.39, 0.29) is 18.0 Å². The second-order valence-electron chi connectivity index (χ2n) is 6.70. The van der Waals surface area contributed by atoms with Gasteiger partial charge in [-0.1, -0.05) is 19.1 Å². The number of rotatable bonds is 5. The van der Waals surface area contributed by atoms with Gasteiger partial charge in [-0.2, -0.15) is 0 Å². The van der Waals surface area contributed by atoms with E-state index >= 15 is 0 Å². The number of nitrogens with zero attached hydrogens (tertiary/aromatic N) is 3. The van der Waals surface area contributed by atoms with Crippen molar-refractivity contribution in [2.75, 3.05) is 26.7 Å². The van der Waals surface area contributed by atoms with Crippen LogP contribution in [-0.2, 0) is 17.6 Å². The molecule has 1 aliphatic heterocycles. The highest BCUT2D eigenvalue weighted by Crippen LogP contribution is 2.25. The lowest BCUT2D eigenvalue weighted by Crippen LogP contribution is -2.51. The van der Waals surface area contributed by atoms with E-state index in [0.717, 1.165) is 43.1 Å². The van der Waals surface area contributed by atoms with Crippen molar-refractivity contribution in [1.82, 2.24) is 15.2 Å². The number of thiazole rings is 1. The van der Waals surface area contributed by atoms with Gasteiger partial charge in [0.1, 0.15) is 11.9 Å². The Kier molecular flexibility index (Phi) is 6.79. The first-order valence-corrected chi connectivity index (χ1v) is 10.3. The molecule has 1 aromatic carbocycles. The minimum Gasteiger partial charge on any atom is -0.367 e. The first-order valence-electron chi connectivity index (χ1n) is 9.38. The standard InChI is InChI=1S/C20H27FN4OS/c1-4-19-24-17(13-27-19)9-10-23-20(22-3)25-11-14(2)26-18(12-25)15-5-7-16(21)8-6-15/h5-8,13-14,18H,4,9-12H2,1-3H3,(H,22,23). The van der Waals surface area contributed by atoms with E-state index in [1.54, 1.807) is 30.5 Å². The Hall–Kier alpha value is -1.99. The topological polar surface area (TPSA) is 49.8 Å². The van der Waals surface area contributed by atoms with Crippen LogP contribution in [0.2, 0.25) is 0 Å². The number of benzene rings is 1. The monoisotopic (exact) mass is 390 g/mol. The molecule has 2 unspecified atom stereocenters. The average molecular weight is 391 g/mol. The zero-order valence-corrected chi connectivity index (χ0v) is 16.9. The molecule has 27 heavy (non-hydrogen) atoms. The van der Waals surface area contributed by atoms with Gasteiger partial charge in [0.2, 0.25) is 0 Å². The molecule has 146 valence electrons. The van der Waals surface area contributed by atoms with Crippen molar-refractivity contribution >= 4 is 17.3 Å². The molecule has 1 fully saturated rings. The van der Waals surface area contributed by atoms with E-state index in [9.17, 15) is 4.39 Å². The van der Waals surface area contributed by atoms with E-state index in [0.29, 0.717) is 6.54 Å². The van der Waals surface area contributed by atoms with Crippen LogP contribution in [0.15, 0.2) is 34.6 Å². The van der Waals surface area contributed by atoms with E-state index in [2.05, 4.69) is 39.4 Å². The van der Waals surface area contributed by atoms with E-state index in [1.807, 2.05) is 0 Å². The van der Waals surface area contributed by atoms with Crippen molar-refractivity contribution in [1.29, 1.82) is 0 Å². The summed E-state index contributed by atoms with van der Waals surface area (Å²) in [5.74, 6) is 0.633. The highest BCUT2D eigenvalue weighted by atomic mass is 32.1. The van der Waals surface area contributed by atoms with Gasteiger partial charge in [0.25, 0.3) is 0 Å². The largest absolute Gasteiger partial charge is 0.367 e. The van der Waals surface area contributed by atoms with Crippen LogP contribution in [0.5, 0.6) is 0 Å². The summed E-state index contributed by atoms with van der Waals surface area (Å²) in [4.78, 5) is 11.3. The molecule has 0 amide bonds. The van der Waals surface area contributed by atoms with Gasteiger partial charge in [-0.15, -0.1) is 11.3 Å². The predicted octanol–water partition coefficient (Wildman–Crippen LogP) is 3.42. The van der Waals surface area contributed by atoms with Gasteiger partial charge in [-0.05, 0) is 31.0 Å². The summed E-state index contributed by atoms with van der Waals surface area (Å²) < 4.78 is 19.3. The second kappa shape index (κ2) is 9.28. The molecule has 2 heterocycles. The fourth-order valence-corrected chi connectivity index (χ4v) is 4.03. The van der Waals surface area contributed by atoms with E-state index in [4.69, 9.17) is 4.74 Å². The van der Waals surface area contributed by atoms with Gasteiger partial charge in [0, 0.05) is 31.9 Å². The van der Waals surface area contributed by atoms with Crippen molar-refractivity contribution in [2.24, 2.45) is 4.99 Å². The number of aryl methyl sites for hydroxylation is 1. The van der Waals surface area contributed by atoms with Gasteiger partial charge < -0.3 is 15.0 Å². The lowest BCUT2D eigenvalue weighted by Gasteiger charge is -2.38. The van der Waals surface area contributed by atoms with Crippen molar-refractivity contribution in [3.05, 3.63) is 51.7 Å². The molecule has 1 aliphatic rings. The third-order valence-electron chi connectivity index (χ3n) is 4.58. The molecule has 0 aliphatic carbocycles. The SMILES string of the molecule is CCc1nc(CCNC(=NC)N2CC(C)OC(c3ccc(F)cc3)C2)cs1. The number of guanidine groups is 1. The highest BCUT2D eigenvalue weighted by Gasteiger charge is 2.28. The Morgan fingerprint density at radius 3 is 2.81 bits per heavy atom. The van der Waals surface area contributed by atoms with Gasteiger partial charge in [0.15, 0.2) is 5.96 Å². The molecular weight excluding hydrogens is 363 g/mol. The van der Waals surface area contributed by atoms with Gasteiger partial charge in [0.05, 0.1) is 23.4 Å². The molecule has 2 aromatic rings. The maximum Gasteiger partial charge on any atom is 0.193 e. The Morgan fingerprint density at radius 2 is 2.15 bits per heavy atom. The van der Waals surface area contributed by atoms with Crippen LogP contribution in [0.25, 0.3) is 0 Å². The van der Waals surface area contributed by atoms with Crippen LogP contribution < -0.4 is 5.32 Å². The third kappa shape index (κ3) is 5.26. The number of ether oxygens (including phenoxy) is 1. The normalized spacial score (nSPS) is 20.7. The van der Waals surface area contributed by atoms with E-state index in [1.165, 1.54) is 17.1 Å². The van der Waals surface area contributed by atoms with Crippen molar-refractivity contribution < 1.29 is 9.13 Å². The second-order valence-corrected chi connectivity index (χ2v) is 7.64. The third-order valence-corrected chi connectivity index (χ3v) is 5.62. The minimum absolute atomic E-state index is 0.0676. The number of halogens is 1. The average Bonchev–Trinajstić information content (AvgIpc) is 3.13. The smallest absolute Gasteiger partial charge is 0.193 e. The first-order chi connectivity index (χ1) is 13.1. The zero-order valence-electron chi connectivity index (χ0n) is 16.1. The van der Waals surface area contributed by atoms with Gasteiger partial charge >= 0.3 is 0 Å². The zero-order chi connectivity index (χ0) is 19.2. The molecule has 1 saturated heterocycles. The molecule has 3 rings (SSSR count). The molecule has 0 radical (unpaired) electrons. The summed E-state index contributed by atoms with van der Waals surface area (Å²) in [6.07, 6.45) is 1.82. The summed E-state index contributed by atoms with van der Waals surface area (Å²) in [5.41, 5.74) is 2.11. The van der Waals surface area contributed by atoms with Crippen LogP contribution >= 0.6 is 11.3 Å². The molecule has 2 atom stereocenters. The molecule has 7 heteroatoms. The number of nitrogens with one attached hydrogen (secondary N) is 1. The van der Waals surface area contributed by atoms with E-state index < -0.39 is 0 Å². The predicted molar refractivity (Wildman–Crippen MR) is 108 cm³/mol. The van der Waals surface area contributed by atoms with Crippen molar-refractivity contribution in [3.8, 4) is 0 Å². The number of aromatic nitrogens is 1. The molecule has 5 nitrogen and oxygen atoms in total. The summed E-state index contributed by atoms with van der Waals surface area (Å²) in [5, 5.41) is 6.75. The number of hydrogen-bond donors (Lipinski definition) is 1. The van der Waals surface area contributed by atoms with Crippen LogP contribution in [-0.4, -0.2) is 48.6 Å². The summed E-state index contributed by atoms with van der Waals surface area (Å²) >= 11 is 1.72. The molecule has 0 bridgehead atoms. The summed E-state index contributed by atoms with van der Waals surface area (Å²) in [6, 6.07) is 6.54. The maximum atomic E-state index is 13.2. The molecular formula is C20H27FN4OS. The van der Waals surface area contributed by atoms with Crippen LogP contribution in [0.4, 0.5) is 4.39 Å². The number of hydrogen-bond acceptors (Lipinski definition) is 4. The van der Waals surface area contributed by atoms with Crippen LogP contribution in [0, 0.1) is 5.82 Å². The first kappa shape index (κ1) is 19.8. The molecule has 0 spiro atoms. The Balaban J connectivity index is 1.59. The Labute approximate surface area is 164 Å². The minimum atomic E-state index is -0.231. The fourth-order valence-electron chi connectivity index (χ4n) is 3.25. The fraction of sp³-hybridized carbons (Fsp3) is 0.500. The number of morpholine rings is 1. The van der Waals surface area contributed by atoms with Gasteiger partial charge in [-0.3, -0.25) is 4.99 Å². The Bertz CT molecular complexity index is 762. The Morgan fingerprint density at radius 1 is 1.37 bits per heavy atom. The lowest BCUT2D eigenvalue weighted by molar-refractivity contribution is -0.0604. The quantitative estimate of drug-likeness (QED) is 0.628. The van der Waals surface area contributed by atoms with Crippen LogP contribution in [0.3, 0.4) is 0 Å². The van der Waals surface area contributed by atoms with Crippen molar-refractivity contribution in [2.45, 2.75) is 38.9 Å². The summed E-state index contributed by atoms with van der Waals surface area (Å²) in [7, 11) is 1.80. The van der Waals surface area contributed by atoms with Gasteiger partial charge in [-0.25, -0.2) is 9.37 Å². The molecule has 1 N–H and O–H groups in total. The van der Waals surface area contributed by atoms with Crippen LogP contribution in [0.1, 0.15) is 36.2 Å². The maximum absolute atomic E-state index is 13.2. The summed E-state index contributed by atoms with van der Waals surface area (Å²) in [6.45, 7) is 6.42. The van der Waals surface area contributed by atoms with Crippen molar-refractivity contribution in [3.63, 3.8) is 0 Å². The molecule has 0 saturated carbocycles. The number of aliphatic imine (C=N–C) groups is 1. The molecule has 1 aromatic heterocycles. The highest BCUT2D eigenvalue weighted by molar-refractivity contribution is 7.09. The lowest BCUT2D eigenvalue weighted by atomic mass is 10.1.